The molecule has 4 heteroatoms. The number of hydrogen-bond donors (Lipinski definition) is 1. The molecular formula is C15H17NO3. The normalized spacial score (nSPS) is 15.9. The van der Waals surface area contributed by atoms with Gasteiger partial charge in [0.1, 0.15) is 12.4 Å². The molecule has 0 aliphatic carbocycles. The fourth-order valence-corrected chi connectivity index (χ4v) is 2.07. The van der Waals surface area contributed by atoms with Gasteiger partial charge < -0.3 is 14.7 Å². The maximum absolute atomic E-state index is 12.2. The van der Waals surface area contributed by atoms with Crippen LogP contribution < -0.4 is 4.74 Å². The molecule has 1 N–H and O–H groups in total. The van der Waals surface area contributed by atoms with Crippen LogP contribution in [0.2, 0.25) is 0 Å². The van der Waals surface area contributed by atoms with E-state index in [1.807, 2.05) is 0 Å². The minimum Gasteiger partial charge on any atom is -0.481 e. The monoisotopic (exact) mass is 259 g/mol. The number of likely N-dealkylation sites (tertiary alicyclic amines) is 1. The van der Waals surface area contributed by atoms with E-state index in [0.29, 0.717) is 37.2 Å². The average molecular weight is 259 g/mol. The number of ether oxygens (including phenoxy) is 1. The van der Waals surface area contributed by atoms with Gasteiger partial charge in [0, 0.05) is 18.7 Å². The summed E-state index contributed by atoms with van der Waals surface area (Å²) in [5.41, 5.74) is 0.629. The Labute approximate surface area is 113 Å². The number of hydrogen-bond acceptors (Lipinski definition) is 3. The summed E-state index contributed by atoms with van der Waals surface area (Å²) in [6.07, 6.45) is 6.13. The molecule has 1 aliphatic heterocycles. The third-order valence-electron chi connectivity index (χ3n) is 3.18. The first-order valence-electron chi connectivity index (χ1n) is 6.34. The lowest BCUT2D eigenvalue weighted by Crippen LogP contribution is -2.40. The van der Waals surface area contributed by atoms with Crippen molar-refractivity contribution in [2.45, 2.75) is 18.9 Å². The minimum absolute atomic E-state index is 0.00426. The van der Waals surface area contributed by atoms with E-state index >= 15 is 0 Å². The van der Waals surface area contributed by atoms with Gasteiger partial charge >= 0.3 is 0 Å². The Morgan fingerprint density at radius 3 is 2.58 bits per heavy atom. The van der Waals surface area contributed by atoms with Crippen molar-refractivity contribution in [3.8, 4) is 18.1 Å². The molecule has 2 rings (SSSR count). The Kier molecular flexibility index (Phi) is 4.43. The van der Waals surface area contributed by atoms with Crippen LogP contribution in [0, 0.1) is 12.3 Å². The molecule has 0 spiro atoms. The lowest BCUT2D eigenvalue weighted by atomic mass is 10.1. The Balaban J connectivity index is 1.97. The van der Waals surface area contributed by atoms with Crippen LogP contribution in [0.25, 0.3) is 0 Å². The first-order valence-corrected chi connectivity index (χ1v) is 6.34. The van der Waals surface area contributed by atoms with Gasteiger partial charge in [0.2, 0.25) is 0 Å². The first kappa shape index (κ1) is 13.4. The molecule has 0 atom stereocenters. The van der Waals surface area contributed by atoms with E-state index in [2.05, 4.69) is 5.92 Å². The number of nitrogens with zero attached hydrogens (tertiary/aromatic N) is 1. The molecular weight excluding hydrogens is 242 g/mol. The number of aliphatic hydroxyl groups is 1. The van der Waals surface area contributed by atoms with E-state index in [1.165, 1.54) is 0 Å². The van der Waals surface area contributed by atoms with Crippen LogP contribution in [-0.4, -0.2) is 41.7 Å². The van der Waals surface area contributed by atoms with Crippen molar-refractivity contribution in [3.63, 3.8) is 0 Å². The van der Waals surface area contributed by atoms with E-state index in [-0.39, 0.29) is 18.6 Å². The highest BCUT2D eigenvalue weighted by atomic mass is 16.5. The molecule has 1 fully saturated rings. The Hall–Kier alpha value is -1.99. The number of piperidine rings is 1. The lowest BCUT2D eigenvalue weighted by molar-refractivity contribution is 0.0546. The largest absolute Gasteiger partial charge is 0.481 e. The van der Waals surface area contributed by atoms with Crippen molar-refractivity contribution in [3.05, 3.63) is 29.8 Å². The van der Waals surface area contributed by atoms with Gasteiger partial charge in [-0.25, -0.2) is 0 Å². The molecule has 1 aromatic rings. The van der Waals surface area contributed by atoms with Gasteiger partial charge in [-0.2, -0.15) is 0 Å². The molecule has 100 valence electrons. The van der Waals surface area contributed by atoms with Gasteiger partial charge in [-0.15, -0.1) is 6.42 Å². The van der Waals surface area contributed by atoms with Crippen molar-refractivity contribution < 1.29 is 14.6 Å². The highest BCUT2D eigenvalue weighted by Gasteiger charge is 2.22. The van der Waals surface area contributed by atoms with Crippen molar-refractivity contribution in [2.75, 3.05) is 19.7 Å². The minimum atomic E-state index is -0.274. The van der Waals surface area contributed by atoms with Gasteiger partial charge in [-0.3, -0.25) is 4.79 Å². The van der Waals surface area contributed by atoms with E-state index in [0.717, 1.165) is 0 Å². The number of carbonyl (C=O) groups excluding carboxylic acids is 1. The zero-order valence-corrected chi connectivity index (χ0v) is 10.7. The summed E-state index contributed by atoms with van der Waals surface area (Å²) in [5.74, 6) is 3.04. The summed E-state index contributed by atoms with van der Waals surface area (Å²) in [5, 5.41) is 9.43. The van der Waals surface area contributed by atoms with Gasteiger partial charge in [-0.1, -0.05) is 5.92 Å². The van der Waals surface area contributed by atoms with Gasteiger partial charge in [0.25, 0.3) is 5.91 Å². The van der Waals surface area contributed by atoms with Crippen LogP contribution in [0.5, 0.6) is 5.75 Å². The molecule has 1 heterocycles. The van der Waals surface area contributed by atoms with Crippen LogP contribution in [0.4, 0.5) is 0 Å². The van der Waals surface area contributed by atoms with Crippen LogP contribution in [0.3, 0.4) is 0 Å². The third kappa shape index (κ3) is 3.49. The summed E-state index contributed by atoms with van der Waals surface area (Å²) >= 11 is 0. The quantitative estimate of drug-likeness (QED) is 0.832. The molecule has 0 radical (unpaired) electrons. The molecule has 0 unspecified atom stereocenters. The highest BCUT2D eigenvalue weighted by Crippen LogP contribution is 2.16. The van der Waals surface area contributed by atoms with Crippen LogP contribution >= 0.6 is 0 Å². The summed E-state index contributed by atoms with van der Waals surface area (Å²) in [6.45, 7) is 1.43. The second-order valence-corrected chi connectivity index (χ2v) is 4.54. The lowest BCUT2D eigenvalue weighted by Gasteiger charge is -2.29. The zero-order chi connectivity index (χ0) is 13.7. The Morgan fingerprint density at radius 2 is 2.00 bits per heavy atom. The number of rotatable bonds is 3. The standard InChI is InChI=1S/C15H17NO3/c1-2-11-19-14-5-3-12(4-6-14)15(18)16-9-7-13(17)8-10-16/h1,3-6,13,17H,7-11H2. The molecule has 4 nitrogen and oxygen atoms in total. The molecule has 1 aromatic carbocycles. The Bertz CT molecular complexity index is 467. The van der Waals surface area contributed by atoms with Gasteiger partial charge in [-0.05, 0) is 37.1 Å². The predicted molar refractivity (Wildman–Crippen MR) is 71.9 cm³/mol. The predicted octanol–water partition coefficient (Wildman–Crippen LogP) is 1.30. The maximum atomic E-state index is 12.2. The summed E-state index contributed by atoms with van der Waals surface area (Å²) in [6, 6.07) is 6.95. The first-order chi connectivity index (χ1) is 9.20. The molecule has 0 bridgehead atoms. The van der Waals surface area contributed by atoms with Crippen molar-refractivity contribution >= 4 is 5.91 Å². The topological polar surface area (TPSA) is 49.8 Å². The van der Waals surface area contributed by atoms with E-state index in [4.69, 9.17) is 11.2 Å². The number of carbonyl (C=O) groups is 1. The Morgan fingerprint density at radius 1 is 1.37 bits per heavy atom. The average Bonchev–Trinajstić information content (AvgIpc) is 2.46. The van der Waals surface area contributed by atoms with Crippen LogP contribution in [0.15, 0.2) is 24.3 Å². The highest BCUT2D eigenvalue weighted by molar-refractivity contribution is 5.94. The third-order valence-corrected chi connectivity index (χ3v) is 3.18. The molecule has 1 amide bonds. The molecule has 0 aromatic heterocycles. The second kappa shape index (κ2) is 6.26. The SMILES string of the molecule is C#CCOc1ccc(C(=O)N2CCC(O)CC2)cc1. The van der Waals surface area contributed by atoms with Crippen LogP contribution in [0.1, 0.15) is 23.2 Å². The fraction of sp³-hybridized carbons (Fsp3) is 0.400. The summed E-state index contributed by atoms with van der Waals surface area (Å²) in [7, 11) is 0. The fourth-order valence-electron chi connectivity index (χ4n) is 2.07. The van der Waals surface area contributed by atoms with Crippen molar-refractivity contribution in [2.24, 2.45) is 0 Å². The van der Waals surface area contributed by atoms with E-state index < -0.39 is 0 Å². The zero-order valence-electron chi connectivity index (χ0n) is 10.7. The molecule has 1 saturated heterocycles. The second-order valence-electron chi connectivity index (χ2n) is 4.54. The van der Waals surface area contributed by atoms with Crippen LogP contribution in [-0.2, 0) is 0 Å². The summed E-state index contributed by atoms with van der Waals surface area (Å²) in [4.78, 5) is 14.0. The van der Waals surface area contributed by atoms with Crippen molar-refractivity contribution in [1.29, 1.82) is 0 Å². The number of aliphatic hydroxyl groups excluding tert-OH is 1. The maximum Gasteiger partial charge on any atom is 0.253 e. The number of amides is 1. The van der Waals surface area contributed by atoms with E-state index in [9.17, 15) is 9.90 Å². The van der Waals surface area contributed by atoms with E-state index in [1.54, 1.807) is 29.2 Å². The summed E-state index contributed by atoms with van der Waals surface area (Å²) < 4.78 is 5.26. The number of benzene rings is 1. The number of terminal acetylenes is 1. The van der Waals surface area contributed by atoms with Crippen molar-refractivity contribution in [1.82, 2.24) is 4.90 Å². The van der Waals surface area contributed by atoms with Gasteiger partial charge in [0.05, 0.1) is 6.10 Å². The van der Waals surface area contributed by atoms with Gasteiger partial charge in [0.15, 0.2) is 0 Å². The molecule has 1 aliphatic rings. The smallest absolute Gasteiger partial charge is 0.253 e. The molecule has 0 saturated carbocycles. The molecule has 19 heavy (non-hydrogen) atoms.